The number of aromatic nitrogens is 2. The van der Waals surface area contributed by atoms with E-state index in [4.69, 9.17) is 37.9 Å². The Kier molecular flexibility index (Phi) is 4.68. The van der Waals surface area contributed by atoms with Crippen molar-refractivity contribution in [1.29, 1.82) is 5.26 Å². The molecule has 0 aliphatic rings. The molecule has 0 atom stereocenters. The van der Waals surface area contributed by atoms with Crippen LogP contribution >= 0.6 is 23.2 Å². The molecule has 1 N–H and O–H groups in total. The summed E-state index contributed by atoms with van der Waals surface area (Å²) < 4.78 is 10.3. The molecule has 1 heterocycles. The van der Waals surface area contributed by atoms with Crippen LogP contribution in [0.2, 0.25) is 10.4 Å². The van der Waals surface area contributed by atoms with E-state index in [2.05, 4.69) is 15.3 Å². The number of anilines is 2. The summed E-state index contributed by atoms with van der Waals surface area (Å²) in [7, 11) is 3.08. The van der Waals surface area contributed by atoms with Gasteiger partial charge < -0.3 is 14.8 Å². The Bertz CT molecular complexity index is 694. The molecule has 0 radical (unpaired) electrons. The standard InChI is InChI=1S/C13H10Cl2N4O2/c1-20-8-3-7(4-9(5-8)21-2)17-12-10(6-16)11(14)18-13(15)19-12/h3-5H,1-2H3,(H,17,18,19). The third-order valence-corrected chi connectivity index (χ3v) is 3.01. The summed E-state index contributed by atoms with van der Waals surface area (Å²) >= 11 is 11.6. The van der Waals surface area contributed by atoms with E-state index in [1.807, 2.05) is 6.07 Å². The first-order valence-electron chi connectivity index (χ1n) is 5.70. The average molecular weight is 325 g/mol. The molecule has 1 aromatic heterocycles. The van der Waals surface area contributed by atoms with Crippen LogP contribution in [0.3, 0.4) is 0 Å². The van der Waals surface area contributed by atoms with E-state index in [1.54, 1.807) is 18.2 Å². The topological polar surface area (TPSA) is 80.1 Å². The van der Waals surface area contributed by atoms with Crippen molar-refractivity contribution in [2.45, 2.75) is 0 Å². The van der Waals surface area contributed by atoms with Gasteiger partial charge in [-0.05, 0) is 11.6 Å². The second-order valence-electron chi connectivity index (χ2n) is 3.85. The first-order chi connectivity index (χ1) is 10.1. The second kappa shape index (κ2) is 6.48. The molecule has 0 saturated heterocycles. The summed E-state index contributed by atoms with van der Waals surface area (Å²) in [5, 5.41) is 12.0. The lowest BCUT2D eigenvalue weighted by molar-refractivity contribution is 0.395. The normalized spacial score (nSPS) is 9.86. The highest BCUT2D eigenvalue weighted by molar-refractivity contribution is 6.33. The average Bonchev–Trinajstić information content (AvgIpc) is 2.46. The van der Waals surface area contributed by atoms with Crippen LogP contribution in [0.25, 0.3) is 0 Å². The molecule has 0 aliphatic carbocycles. The molecule has 0 aliphatic heterocycles. The molecule has 8 heteroatoms. The van der Waals surface area contributed by atoms with Gasteiger partial charge in [0, 0.05) is 23.9 Å². The molecule has 0 spiro atoms. The molecule has 108 valence electrons. The number of methoxy groups -OCH3 is 2. The summed E-state index contributed by atoms with van der Waals surface area (Å²) in [5.41, 5.74) is 0.705. The lowest BCUT2D eigenvalue weighted by Crippen LogP contribution is -2.01. The van der Waals surface area contributed by atoms with Crippen LogP contribution in [0.5, 0.6) is 11.5 Å². The van der Waals surface area contributed by atoms with Gasteiger partial charge in [-0.3, -0.25) is 0 Å². The fourth-order valence-electron chi connectivity index (χ4n) is 1.61. The van der Waals surface area contributed by atoms with Gasteiger partial charge >= 0.3 is 0 Å². The third-order valence-electron chi connectivity index (χ3n) is 2.56. The zero-order valence-electron chi connectivity index (χ0n) is 11.1. The fraction of sp³-hybridized carbons (Fsp3) is 0.154. The van der Waals surface area contributed by atoms with E-state index in [0.717, 1.165) is 0 Å². The summed E-state index contributed by atoms with van der Waals surface area (Å²) in [5.74, 6) is 1.38. The van der Waals surface area contributed by atoms with Gasteiger partial charge in [0.1, 0.15) is 23.1 Å². The predicted octanol–water partition coefficient (Wildman–Crippen LogP) is 3.42. The molecule has 2 aromatic rings. The molecule has 0 bridgehead atoms. The maximum absolute atomic E-state index is 9.12. The molecule has 0 amide bonds. The number of ether oxygens (including phenoxy) is 2. The van der Waals surface area contributed by atoms with Gasteiger partial charge in [-0.1, -0.05) is 11.6 Å². The van der Waals surface area contributed by atoms with Crippen LogP contribution in [0.1, 0.15) is 5.56 Å². The SMILES string of the molecule is COc1cc(Nc2nc(Cl)nc(Cl)c2C#N)cc(OC)c1. The Labute approximate surface area is 131 Å². The van der Waals surface area contributed by atoms with Crippen molar-refractivity contribution in [3.05, 3.63) is 34.2 Å². The highest BCUT2D eigenvalue weighted by Gasteiger charge is 2.13. The van der Waals surface area contributed by atoms with Crippen molar-refractivity contribution in [2.24, 2.45) is 0 Å². The first kappa shape index (κ1) is 15.2. The van der Waals surface area contributed by atoms with Crippen molar-refractivity contribution >= 4 is 34.7 Å². The van der Waals surface area contributed by atoms with E-state index in [-0.39, 0.29) is 21.8 Å². The van der Waals surface area contributed by atoms with Gasteiger partial charge in [0.2, 0.25) is 5.28 Å². The Balaban J connectivity index is 2.45. The van der Waals surface area contributed by atoms with E-state index < -0.39 is 0 Å². The molecule has 0 fully saturated rings. The van der Waals surface area contributed by atoms with E-state index >= 15 is 0 Å². The number of hydrogen-bond donors (Lipinski definition) is 1. The van der Waals surface area contributed by atoms with E-state index in [0.29, 0.717) is 17.2 Å². The summed E-state index contributed by atoms with van der Waals surface area (Å²) in [6.07, 6.45) is 0. The fourth-order valence-corrected chi connectivity index (χ4v) is 2.04. The second-order valence-corrected chi connectivity index (χ2v) is 4.54. The summed E-state index contributed by atoms with van der Waals surface area (Å²) in [6, 6.07) is 7.08. The molecule has 0 unspecified atom stereocenters. The molecule has 1 aromatic carbocycles. The number of rotatable bonds is 4. The lowest BCUT2D eigenvalue weighted by Gasteiger charge is -2.11. The summed E-state index contributed by atoms with van der Waals surface area (Å²) in [4.78, 5) is 7.69. The minimum Gasteiger partial charge on any atom is -0.497 e. The number of benzene rings is 1. The molecule has 21 heavy (non-hydrogen) atoms. The number of nitrogens with one attached hydrogen (secondary N) is 1. The van der Waals surface area contributed by atoms with Crippen molar-refractivity contribution < 1.29 is 9.47 Å². The number of halogens is 2. The van der Waals surface area contributed by atoms with Crippen LogP contribution in [-0.4, -0.2) is 24.2 Å². The third kappa shape index (κ3) is 3.45. The minimum atomic E-state index is -0.0589. The van der Waals surface area contributed by atoms with Crippen molar-refractivity contribution in [2.75, 3.05) is 19.5 Å². The van der Waals surface area contributed by atoms with Gasteiger partial charge in [-0.25, -0.2) is 4.98 Å². The molecule has 0 saturated carbocycles. The lowest BCUT2D eigenvalue weighted by atomic mass is 10.2. The quantitative estimate of drug-likeness (QED) is 0.685. The molecule has 6 nitrogen and oxygen atoms in total. The maximum atomic E-state index is 9.12. The Hall–Kier alpha value is -2.23. The van der Waals surface area contributed by atoms with Gasteiger partial charge in [-0.2, -0.15) is 10.2 Å². The first-order valence-corrected chi connectivity index (χ1v) is 6.46. The Morgan fingerprint density at radius 1 is 1.10 bits per heavy atom. The monoisotopic (exact) mass is 324 g/mol. The van der Waals surface area contributed by atoms with Gasteiger partial charge in [-0.15, -0.1) is 0 Å². The molecular formula is C13H10Cl2N4O2. The van der Waals surface area contributed by atoms with Crippen LogP contribution in [0.4, 0.5) is 11.5 Å². The van der Waals surface area contributed by atoms with Crippen LogP contribution in [0.15, 0.2) is 18.2 Å². The Morgan fingerprint density at radius 2 is 1.71 bits per heavy atom. The van der Waals surface area contributed by atoms with Gasteiger partial charge in [0.25, 0.3) is 0 Å². The Morgan fingerprint density at radius 3 is 2.24 bits per heavy atom. The van der Waals surface area contributed by atoms with E-state index in [9.17, 15) is 0 Å². The smallest absolute Gasteiger partial charge is 0.225 e. The van der Waals surface area contributed by atoms with Crippen molar-refractivity contribution in [3.8, 4) is 17.6 Å². The number of nitrogens with zero attached hydrogens (tertiary/aromatic N) is 3. The van der Waals surface area contributed by atoms with Crippen molar-refractivity contribution in [3.63, 3.8) is 0 Å². The van der Waals surface area contributed by atoms with E-state index in [1.165, 1.54) is 14.2 Å². The van der Waals surface area contributed by atoms with Crippen molar-refractivity contribution in [1.82, 2.24) is 9.97 Å². The molecular weight excluding hydrogens is 315 g/mol. The van der Waals surface area contributed by atoms with Crippen LogP contribution < -0.4 is 14.8 Å². The summed E-state index contributed by atoms with van der Waals surface area (Å²) in [6.45, 7) is 0. The minimum absolute atomic E-state index is 0.0186. The van der Waals surface area contributed by atoms with Crippen LogP contribution in [0, 0.1) is 11.3 Å². The number of hydrogen-bond acceptors (Lipinski definition) is 6. The zero-order chi connectivity index (χ0) is 15.4. The van der Waals surface area contributed by atoms with Gasteiger partial charge in [0.15, 0.2) is 11.0 Å². The highest BCUT2D eigenvalue weighted by Crippen LogP contribution is 2.30. The molecule has 2 rings (SSSR count). The van der Waals surface area contributed by atoms with Gasteiger partial charge in [0.05, 0.1) is 14.2 Å². The highest BCUT2D eigenvalue weighted by atomic mass is 35.5. The predicted molar refractivity (Wildman–Crippen MR) is 79.6 cm³/mol. The largest absolute Gasteiger partial charge is 0.497 e. The number of nitriles is 1. The van der Waals surface area contributed by atoms with Crippen LogP contribution in [-0.2, 0) is 0 Å². The maximum Gasteiger partial charge on any atom is 0.225 e. The zero-order valence-corrected chi connectivity index (χ0v) is 12.7.